The van der Waals surface area contributed by atoms with E-state index in [1.54, 1.807) is 12.1 Å². The van der Waals surface area contributed by atoms with Crippen molar-refractivity contribution in [3.8, 4) is 5.75 Å². The molecule has 154 valence electrons. The van der Waals surface area contributed by atoms with E-state index in [2.05, 4.69) is 5.32 Å². The highest BCUT2D eigenvalue weighted by Crippen LogP contribution is 2.37. The van der Waals surface area contributed by atoms with Gasteiger partial charge < -0.3 is 15.0 Å². The van der Waals surface area contributed by atoms with Crippen LogP contribution in [0.4, 0.5) is 4.39 Å². The number of nitrogens with zero attached hydrogens (tertiary/aromatic N) is 1. The van der Waals surface area contributed by atoms with Crippen molar-refractivity contribution in [2.45, 2.75) is 32.2 Å². The molecule has 0 saturated heterocycles. The van der Waals surface area contributed by atoms with Gasteiger partial charge in [-0.15, -0.1) is 0 Å². The summed E-state index contributed by atoms with van der Waals surface area (Å²) < 4.78 is 18.4. The number of ether oxygens (including phenoxy) is 1. The van der Waals surface area contributed by atoms with Gasteiger partial charge >= 0.3 is 5.97 Å². The summed E-state index contributed by atoms with van der Waals surface area (Å²) in [6, 6.07) is 11.9. The Hall–Kier alpha value is -3.06. The number of halogens is 1. The number of benzene rings is 2. The molecule has 2 aromatic carbocycles. The van der Waals surface area contributed by atoms with Gasteiger partial charge in [0, 0.05) is 24.2 Å². The van der Waals surface area contributed by atoms with Crippen LogP contribution >= 0.6 is 12.2 Å². The minimum absolute atomic E-state index is 0.140. The first-order valence-corrected chi connectivity index (χ1v) is 10.3. The lowest BCUT2D eigenvalue weighted by molar-refractivity contribution is -0.116. The lowest BCUT2D eigenvalue weighted by Gasteiger charge is -2.40. The molecule has 2 aromatic rings. The van der Waals surface area contributed by atoms with E-state index in [4.69, 9.17) is 17.0 Å². The molecule has 2 aliphatic rings. The third-order valence-electron chi connectivity index (χ3n) is 5.38. The zero-order valence-corrected chi connectivity index (χ0v) is 17.3. The second-order valence-corrected chi connectivity index (χ2v) is 7.62. The molecule has 1 heterocycles. The highest BCUT2D eigenvalue weighted by atomic mass is 32.1. The fraction of sp³-hybridized carbons (Fsp3) is 0.261. The maximum Gasteiger partial charge on any atom is 0.343 e. The molecule has 1 aliphatic heterocycles. The molecule has 0 radical (unpaired) electrons. The van der Waals surface area contributed by atoms with Crippen LogP contribution in [0, 0.1) is 5.82 Å². The molecule has 0 bridgehead atoms. The number of hydrogen-bond acceptors (Lipinski definition) is 4. The Labute approximate surface area is 179 Å². The standard InChI is InChI=1S/C23H21FN2O3S/c1-2-26-18-4-3-5-19(27)20(18)21(25-23(26)30)14-8-12-17(13-9-14)29-22(28)15-6-10-16(24)11-7-15/h6-13,21H,2-5H2,1H3,(H,25,30). The second-order valence-electron chi connectivity index (χ2n) is 7.23. The van der Waals surface area contributed by atoms with Crippen molar-refractivity contribution in [2.75, 3.05) is 6.54 Å². The van der Waals surface area contributed by atoms with Crippen LogP contribution in [-0.4, -0.2) is 28.3 Å². The first-order valence-electron chi connectivity index (χ1n) is 9.90. The summed E-state index contributed by atoms with van der Waals surface area (Å²) in [6.45, 7) is 2.73. The van der Waals surface area contributed by atoms with Crippen molar-refractivity contribution in [1.82, 2.24) is 10.2 Å². The molecular formula is C23H21FN2O3S. The summed E-state index contributed by atoms with van der Waals surface area (Å²) in [6.07, 6.45) is 2.21. The predicted octanol–water partition coefficient (Wildman–Crippen LogP) is 4.30. The lowest BCUT2D eigenvalue weighted by Crippen LogP contribution is -2.49. The topological polar surface area (TPSA) is 58.6 Å². The first kappa shape index (κ1) is 20.2. The van der Waals surface area contributed by atoms with Gasteiger partial charge in [0.2, 0.25) is 0 Å². The predicted molar refractivity (Wildman–Crippen MR) is 115 cm³/mol. The smallest absolute Gasteiger partial charge is 0.343 e. The van der Waals surface area contributed by atoms with E-state index in [0.29, 0.717) is 23.8 Å². The Bertz CT molecular complexity index is 1030. The lowest BCUT2D eigenvalue weighted by atomic mass is 9.85. The van der Waals surface area contributed by atoms with Crippen LogP contribution < -0.4 is 10.1 Å². The summed E-state index contributed by atoms with van der Waals surface area (Å²) in [4.78, 5) is 26.9. The number of carbonyl (C=O) groups is 2. The molecule has 1 aliphatic carbocycles. The van der Waals surface area contributed by atoms with Crippen molar-refractivity contribution >= 4 is 29.1 Å². The number of allylic oxidation sites excluding steroid dienone is 1. The maximum absolute atomic E-state index is 13.0. The van der Waals surface area contributed by atoms with Crippen molar-refractivity contribution < 1.29 is 18.7 Å². The van der Waals surface area contributed by atoms with Crippen LogP contribution in [0.3, 0.4) is 0 Å². The van der Waals surface area contributed by atoms with Crippen molar-refractivity contribution in [2.24, 2.45) is 0 Å². The fourth-order valence-electron chi connectivity index (χ4n) is 3.92. The SMILES string of the molecule is CCN1C(=S)NC(c2ccc(OC(=O)c3ccc(F)cc3)cc2)C2=C1CCCC2=O. The van der Waals surface area contributed by atoms with Gasteiger partial charge in [-0.25, -0.2) is 9.18 Å². The van der Waals surface area contributed by atoms with Gasteiger partial charge in [-0.3, -0.25) is 4.79 Å². The minimum Gasteiger partial charge on any atom is -0.423 e. The van der Waals surface area contributed by atoms with E-state index in [-0.39, 0.29) is 17.4 Å². The third kappa shape index (κ3) is 3.85. The Morgan fingerprint density at radius 3 is 2.53 bits per heavy atom. The summed E-state index contributed by atoms with van der Waals surface area (Å²) in [7, 11) is 0. The normalized spacial score (nSPS) is 18.7. The zero-order chi connectivity index (χ0) is 21.3. The van der Waals surface area contributed by atoms with Crippen molar-refractivity contribution in [1.29, 1.82) is 0 Å². The third-order valence-corrected chi connectivity index (χ3v) is 5.71. The summed E-state index contributed by atoms with van der Waals surface area (Å²) in [5.74, 6) is -0.473. The van der Waals surface area contributed by atoms with E-state index in [9.17, 15) is 14.0 Å². The number of Topliss-reactive ketones (excluding diaryl/α,β-unsaturated/α-hetero) is 1. The van der Waals surface area contributed by atoms with Gasteiger partial charge in [0.25, 0.3) is 0 Å². The number of carbonyl (C=O) groups excluding carboxylic acids is 2. The van der Waals surface area contributed by atoms with Crippen LogP contribution in [0.5, 0.6) is 5.75 Å². The van der Waals surface area contributed by atoms with E-state index < -0.39 is 11.8 Å². The van der Waals surface area contributed by atoms with Gasteiger partial charge in [0.05, 0.1) is 11.6 Å². The number of hydrogen-bond donors (Lipinski definition) is 1. The average molecular weight is 424 g/mol. The number of ketones is 1. The summed E-state index contributed by atoms with van der Waals surface area (Å²) in [5.41, 5.74) is 2.92. The quantitative estimate of drug-likeness (QED) is 0.449. The molecule has 1 unspecified atom stereocenters. The van der Waals surface area contributed by atoms with E-state index in [1.807, 2.05) is 24.0 Å². The summed E-state index contributed by atoms with van der Waals surface area (Å²) in [5, 5.41) is 3.90. The van der Waals surface area contributed by atoms with Crippen molar-refractivity contribution in [3.63, 3.8) is 0 Å². The Morgan fingerprint density at radius 1 is 1.17 bits per heavy atom. The van der Waals surface area contributed by atoms with Crippen LogP contribution in [0.15, 0.2) is 59.8 Å². The molecule has 30 heavy (non-hydrogen) atoms. The number of nitrogens with one attached hydrogen (secondary N) is 1. The minimum atomic E-state index is -0.564. The Kier molecular flexibility index (Phi) is 5.63. The molecule has 0 fully saturated rings. The van der Waals surface area contributed by atoms with E-state index in [1.165, 1.54) is 24.3 Å². The number of rotatable bonds is 4. The molecular weight excluding hydrogens is 403 g/mol. The largest absolute Gasteiger partial charge is 0.423 e. The molecule has 1 N–H and O–H groups in total. The molecule has 7 heteroatoms. The molecule has 5 nitrogen and oxygen atoms in total. The van der Waals surface area contributed by atoms with Crippen LogP contribution in [0.1, 0.15) is 48.1 Å². The second kappa shape index (κ2) is 8.36. The highest BCUT2D eigenvalue weighted by molar-refractivity contribution is 7.80. The zero-order valence-electron chi connectivity index (χ0n) is 16.5. The average Bonchev–Trinajstić information content (AvgIpc) is 2.74. The highest BCUT2D eigenvalue weighted by Gasteiger charge is 2.36. The molecule has 1 atom stereocenters. The summed E-state index contributed by atoms with van der Waals surface area (Å²) >= 11 is 5.53. The molecule has 4 rings (SSSR count). The van der Waals surface area contributed by atoms with E-state index in [0.717, 1.165) is 29.7 Å². The van der Waals surface area contributed by atoms with Crippen LogP contribution in [0.25, 0.3) is 0 Å². The Morgan fingerprint density at radius 2 is 1.87 bits per heavy atom. The number of thiocarbonyl (C=S) groups is 1. The van der Waals surface area contributed by atoms with Crippen LogP contribution in [0.2, 0.25) is 0 Å². The van der Waals surface area contributed by atoms with Crippen molar-refractivity contribution in [3.05, 3.63) is 76.7 Å². The fourth-order valence-corrected chi connectivity index (χ4v) is 4.27. The Balaban J connectivity index is 1.57. The van der Waals surface area contributed by atoms with Gasteiger partial charge in [0.1, 0.15) is 11.6 Å². The van der Waals surface area contributed by atoms with E-state index >= 15 is 0 Å². The first-order chi connectivity index (χ1) is 14.5. The van der Waals surface area contributed by atoms with Crippen LogP contribution in [-0.2, 0) is 4.79 Å². The number of esters is 1. The maximum atomic E-state index is 13.0. The monoisotopic (exact) mass is 424 g/mol. The van der Waals surface area contributed by atoms with Gasteiger partial charge in [-0.2, -0.15) is 0 Å². The molecule has 0 aromatic heterocycles. The molecule has 0 spiro atoms. The molecule has 0 saturated carbocycles. The van der Waals surface area contributed by atoms with Gasteiger partial charge in [-0.05, 0) is 73.9 Å². The van der Waals surface area contributed by atoms with Gasteiger partial charge in [0.15, 0.2) is 10.9 Å². The van der Waals surface area contributed by atoms with Gasteiger partial charge in [-0.1, -0.05) is 12.1 Å². The molecule has 0 amide bonds.